The minimum atomic E-state index is 0.479. The van der Waals surface area contributed by atoms with Crippen LogP contribution in [0, 0.1) is 5.92 Å². The van der Waals surface area contributed by atoms with Crippen LogP contribution in [0.5, 0.6) is 0 Å². The molecule has 3 N–H and O–H groups in total. The molecule has 1 heterocycles. The van der Waals surface area contributed by atoms with Gasteiger partial charge < -0.3 is 10.2 Å². The molecule has 0 aromatic heterocycles. The number of rotatable bonds is 4. The maximum absolute atomic E-state index is 4.37. The second kappa shape index (κ2) is 7.77. The molecule has 2 atom stereocenters. The minimum absolute atomic E-state index is 0.479. The van der Waals surface area contributed by atoms with E-state index in [4.69, 9.17) is 0 Å². The molecule has 1 aliphatic heterocycles. The molecule has 1 aromatic carbocycles. The third kappa shape index (κ3) is 4.69. The summed E-state index contributed by atoms with van der Waals surface area (Å²) in [5, 5.41) is 3.46. The number of halogens is 1. The molecule has 2 unspecified atom stereocenters. The van der Waals surface area contributed by atoms with Crippen LogP contribution in [0.1, 0.15) is 12.5 Å². The smallest absolute Gasteiger partial charge is 0.193 e. The molecule has 1 aromatic rings. The lowest BCUT2D eigenvalue weighted by Gasteiger charge is -2.24. The van der Waals surface area contributed by atoms with Gasteiger partial charge in [-0.3, -0.25) is 15.8 Å². The Morgan fingerprint density at radius 1 is 1.43 bits per heavy atom. The van der Waals surface area contributed by atoms with Gasteiger partial charge in [-0.05, 0) is 24.6 Å². The van der Waals surface area contributed by atoms with Gasteiger partial charge in [-0.15, -0.1) is 0 Å². The van der Waals surface area contributed by atoms with Crippen molar-refractivity contribution in [2.45, 2.75) is 19.5 Å². The Morgan fingerprint density at radius 3 is 2.71 bits per heavy atom. The van der Waals surface area contributed by atoms with E-state index in [0.717, 1.165) is 30.1 Å². The second-order valence-corrected chi connectivity index (χ2v) is 6.40. The molecule has 0 saturated carbocycles. The summed E-state index contributed by atoms with van der Waals surface area (Å²) in [5.74, 6) is 1.50. The predicted molar refractivity (Wildman–Crippen MR) is 91.1 cm³/mol. The van der Waals surface area contributed by atoms with Crippen molar-refractivity contribution in [3.8, 4) is 0 Å². The van der Waals surface area contributed by atoms with Gasteiger partial charge in [-0.25, -0.2) is 0 Å². The van der Waals surface area contributed by atoms with Gasteiger partial charge in [0.25, 0.3) is 0 Å². The van der Waals surface area contributed by atoms with Crippen LogP contribution in [-0.2, 0) is 6.54 Å². The first-order valence-electron chi connectivity index (χ1n) is 7.24. The van der Waals surface area contributed by atoms with E-state index in [1.54, 1.807) is 0 Å². The monoisotopic (exact) mass is 353 g/mol. The van der Waals surface area contributed by atoms with E-state index in [2.05, 4.69) is 80.2 Å². The zero-order valence-electron chi connectivity index (χ0n) is 12.9. The quantitative estimate of drug-likeness (QED) is 0.568. The van der Waals surface area contributed by atoms with E-state index in [1.807, 2.05) is 7.05 Å². The van der Waals surface area contributed by atoms with Crippen LogP contribution in [0.25, 0.3) is 0 Å². The summed E-state index contributed by atoms with van der Waals surface area (Å²) < 4.78 is 1.10. The summed E-state index contributed by atoms with van der Waals surface area (Å²) in [5.41, 5.74) is 7.69. The number of nitrogens with one attached hydrogen (secondary N) is 3. The summed E-state index contributed by atoms with van der Waals surface area (Å²) in [6.45, 7) is 4.93. The summed E-state index contributed by atoms with van der Waals surface area (Å²) in [6, 6.07) is 8.86. The predicted octanol–water partition coefficient (Wildman–Crippen LogP) is 1.57. The molecule has 2 rings (SSSR count). The van der Waals surface area contributed by atoms with Gasteiger partial charge in [0.15, 0.2) is 5.96 Å². The fraction of sp³-hybridized carbons (Fsp3) is 0.533. The van der Waals surface area contributed by atoms with Crippen molar-refractivity contribution in [3.05, 3.63) is 34.3 Å². The molecule has 0 aliphatic carbocycles. The molecule has 0 radical (unpaired) electrons. The highest BCUT2D eigenvalue weighted by molar-refractivity contribution is 9.10. The Balaban J connectivity index is 1.86. The molecule has 1 saturated heterocycles. The van der Waals surface area contributed by atoms with E-state index in [1.165, 1.54) is 5.56 Å². The van der Waals surface area contributed by atoms with Crippen molar-refractivity contribution in [2.75, 3.05) is 27.2 Å². The first-order chi connectivity index (χ1) is 10.1. The van der Waals surface area contributed by atoms with Crippen LogP contribution >= 0.6 is 15.9 Å². The summed E-state index contributed by atoms with van der Waals surface area (Å²) in [7, 11) is 3.89. The Kier molecular flexibility index (Phi) is 6.02. The zero-order valence-corrected chi connectivity index (χ0v) is 14.4. The molecular weight excluding hydrogens is 330 g/mol. The van der Waals surface area contributed by atoms with E-state index in [-0.39, 0.29) is 0 Å². The number of hydrogen-bond acceptors (Lipinski definition) is 3. The number of hydrazine groups is 1. The largest absolute Gasteiger partial charge is 0.356 e. The van der Waals surface area contributed by atoms with Crippen molar-refractivity contribution in [3.63, 3.8) is 0 Å². The highest BCUT2D eigenvalue weighted by Gasteiger charge is 2.22. The van der Waals surface area contributed by atoms with Crippen LogP contribution in [0.3, 0.4) is 0 Å². The molecule has 0 amide bonds. The third-order valence-electron chi connectivity index (χ3n) is 3.83. The van der Waals surface area contributed by atoms with Gasteiger partial charge in [0.2, 0.25) is 0 Å². The normalized spacial score (nSPS) is 22.4. The van der Waals surface area contributed by atoms with Crippen molar-refractivity contribution in [2.24, 2.45) is 10.9 Å². The molecule has 116 valence electrons. The number of benzene rings is 1. The molecule has 6 heteroatoms. The average molecular weight is 354 g/mol. The van der Waals surface area contributed by atoms with Crippen LogP contribution < -0.4 is 16.2 Å². The van der Waals surface area contributed by atoms with Gasteiger partial charge in [0.05, 0.1) is 0 Å². The Hall–Kier alpha value is -1.11. The van der Waals surface area contributed by atoms with Gasteiger partial charge in [0, 0.05) is 50.2 Å². The topological polar surface area (TPSA) is 51.7 Å². The SMILES string of the molecule is CN=C(NCC1CNNC1C)N(C)Cc1ccc(Br)cc1. The molecule has 1 fully saturated rings. The van der Waals surface area contributed by atoms with E-state index in [9.17, 15) is 0 Å². The molecule has 1 aliphatic rings. The highest BCUT2D eigenvalue weighted by Crippen LogP contribution is 2.12. The Morgan fingerprint density at radius 2 is 2.14 bits per heavy atom. The third-order valence-corrected chi connectivity index (χ3v) is 4.36. The lowest BCUT2D eigenvalue weighted by molar-refractivity contribution is 0.443. The van der Waals surface area contributed by atoms with Crippen molar-refractivity contribution in [1.82, 2.24) is 21.1 Å². The second-order valence-electron chi connectivity index (χ2n) is 5.48. The minimum Gasteiger partial charge on any atom is -0.356 e. The van der Waals surface area contributed by atoms with E-state index < -0.39 is 0 Å². The van der Waals surface area contributed by atoms with Gasteiger partial charge in [-0.2, -0.15) is 0 Å². The lowest BCUT2D eigenvalue weighted by Crippen LogP contribution is -2.42. The number of guanidine groups is 1. The molecular formula is C15H24BrN5. The molecule has 0 spiro atoms. The first-order valence-corrected chi connectivity index (χ1v) is 8.04. The summed E-state index contributed by atoms with van der Waals surface area (Å²) in [4.78, 5) is 6.51. The lowest BCUT2D eigenvalue weighted by atomic mass is 10.0. The van der Waals surface area contributed by atoms with Crippen LogP contribution in [0.4, 0.5) is 0 Å². The molecule has 5 nitrogen and oxygen atoms in total. The van der Waals surface area contributed by atoms with Crippen molar-refractivity contribution in [1.29, 1.82) is 0 Å². The molecule has 0 bridgehead atoms. The average Bonchev–Trinajstić information content (AvgIpc) is 2.88. The van der Waals surface area contributed by atoms with Gasteiger partial charge >= 0.3 is 0 Å². The highest BCUT2D eigenvalue weighted by atomic mass is 79.9. The van der Waals surface area contributed by atoms with Crippen LogP contribution in [0.15, 0.2) is 33.7 Å². The summed E-state index contributed by atoms with van der Waals surface area (Å²) >= 11 is 3.46. The fourth-order valence-corrected chi connectivity index (χ4v) is 2.70. The standard InChI is InChI=1S/C15H24BrN5/c1-11-13(9-19-20-11)8-18-15(17-2)21(3)10-12-4-6-14(16)7-5-12/h4-7,11,13,19-20H,8-10H2,1-3H3,(H,17,18). The van der Waals surface area contributed by atoms with E-state index >= 15 is 0 Å². The maximum atomic E-state index is 4.37. The fourth-order valence-electron chi connectivity index (χ4n) is 2.44. The zero-order chi connectivity index (χ0) is 15.2. The van der Waals surface area contributed by atoms with Gasteiger partial charge in [-0.1, -0.05) is 28.1 Å². The van der Waals surface area contributed by atoms with Crippen molar-refractivity contribution >= 4 is 21.9 Å². The summed E-state index contributed by atoms with van der Waals surface area (Å²) in [6.07, 6.45) is 0. The van der Waals surface area contributed by atoms with Gasteiger partial charge in [0.1, 0.15) is 0 Å². The number of nitrogens with zero attached hydrogens (tertiary/aromatic N) is 2. The van der Waals surface area contributed by atoms with Crippen LogP contribution in [0.2, 0.25) is 0 Å². The maximum Gasteiger partial charge on any atom is 0.193 e. The molecule has 21 heavy (non-hydrogen) atoms. The van der Waals surface area contributed by atoms with Crippen LogP contribution in [-0.4, -0.2) is 44.1 Å². The van der Waals surface area contributed by atoms with E-state index in [0.29, 0.717) is 12.0 Å². The number of aliphatic imine (C=N–C) groups is 1. The number of hydrogen-bond donors (Lipinski definition) is 3. The Bertz CT molecular complexity index is 473. The van der Waals surface area contributed by atoms with Crippen molar-refractivity contribution < 1.29 is 0 Å². The Labute approximate surface area is 135 Å². The first kappa shape index (κ1) is 16.3.